The number of nitrogen functional groups attached to an aromatic ring is 1. The predicted octanol–water partition coefficient (Wildman–Crippen LogP) is 2.27. The molecular weight excluding hydrogens is 462 g/mol. The quantitative estimate of drug-likeness (QED) is 0.521. The first-order chi connectivity index (χ1) is 17.3. The molecule has 188 valence electrons. The van der Waals surface area contributed by atoms with Gasteiger partial charge in [-0.15, -0.1) is 0 Å². The van der Waals surface area contributed by atoms with Crippen molar-refractivity contribution in [2.75, 3.05) is 22.1 Å². The highest BCUT2D eigenvalue weighted by Gasteiger charge is 2.37. The molecule has 4 rings (SSSR count). The SMILES string of the molecule is CCCCn1c(N)c(N(Cc2ccccc2)C(=O)C2CN(C(C)=O)c3ccccc3O2)c(=O)[nH]c1=O. The van der Waals surface area contributed by atoms with Crippen molar-refractivity contribution in [3.05, 3.63) is 81.0 Å². The van der Waals surface area contributed by atoms with Crippen LogP contribution in [-0.4, -0.2) is 34.0 Å². The smallest absolute Gasteiger partial charge is 0.330 e. The number of benzene rings is 2. The van der Waals surface area contributed by atoms with Crippen molar-refractivity contribution in [3.8, 4) is 5.75 Å². The number of nitrogens with two attached hydrogens (primary N) is 1. The Morgan fingerprint density at radius 3 is 2.50 bits per heavy atom. The second-order valence-corrected chi connectivity index (χ2v) is 8.61. The Hall–Kier alpha value is -4.34. The van der Waals surface area contributed by atoms with Gasteiger partial charge >= 0.3 is 5.69 Å². The van der Waals surface area contributed by atoms with Crippen LogP contribution in [0.1, 0.15) is 32.3 Å². The van der Waals surface area contributed by atoms with Crippen LogP contribution in [0.2, 0.25) is 0 Å². The summed E-state index contributed by atoms with van der Waals surface area (Å²) < 4.78 is 7.27. The molecule has 0 aliphatic carbocycles. The Morgan fingerprint density at radius 1 is 1.11 bits per heavy atom. The van der Waals surface area contributed by atoms with Crippen LogP contribution in [0.4, 0.5) is 17.2 Å². The number of unbranched alkanes of at least 4 members (excludes halogenated alkanes) is 1. The summed E-state index contributed by atoms with van der Waals surface area (Å²) in [6.45, 7) is 3.66. The molecular formula is C26H29N5O5. The molecule has 1 aromatic heterocycles. The molecule has 1 atom stereocenters. The number of para-hydroxylation sites is 2. The standard InChI is InChI=1S/C26H29N5O5/c1-3-4-14-29-23(27)22(24(33)28-26(29)35)31(15-18-10-6-5-7-11-18)25(34)21-16-30(17(2)32)19-12-8-9-13-20(19)36-21/h5-13,21H,3-4,14-16,27H2,1-2H3,(H,28,33,35). The minimum Gasteiger partial charge on any atom is -0.476 e. The third-order valence-electron chi connectivity index (χ3n) is 6.10. The van der Waals surface area contributed by atoms with Gasteiger partial charge in [-0.3, -0.25) is 28.8 Å². The monoisotopic (exact) mass is 491 g/mol. The number of nitrogens with one attached hydrogen (secondary N) is 1. The molecule has 1 aliphatic rings. The van der Waals surface area contributed by atoms with Crippen molar-refractivity contribution in [1.29, 1.82) is 0 Å². The van der Waals surface area contributed by atoms with Gasteiger partial charge in [0.05, 0.1) is 18.8 Å². The fourth-order valence-corrected chi connectivity index (χ4v) is 4.24. The van der Waals surface area contributed by atoms with Gasteiger partial charge in [0.15, 0.2) is 11.8 Å². The predicted molar refractivity (Wildman–Crippen MR) is 137 cm³/mol. The van der Waals surface area contributed by atoms with Gasteiger partial charge in [0, 0.05) is 13.5 Å². The highest BCUT2D eigenvalue weighted by atomic mass is 16.5. The average Bonchev–Trinajstić information content (AvgIpc) is 2.87. The van der Waals surface area contributed by atoms with E-state index in [1.165, 1.54) is 21.3 Å². The molecule has 10 heteroatoms. The van der Waals surface area contributed by atoms with E-state index >= 15 is 0 Å². The van der Waals surface area contributed by atoms with Gasteiger partial charge in [-0.05, 0) is 24.1 Å². The molecule has 10 nitrogen and oxygen atoms in total. The van der Waals surface area contributed by atoms with Gasteiger partial charge in [-0.25, -0.2) is 4.79 Å². The van der Waals surface area contributed by atoms with Crippen LogP contribution in [0.3, 0.4) is 0 Å². The van der Waals surface area contributed by atoms with Gasteiger partial charge < -0.3 is 15.4 Å². The lowest BCUT2D eigenvalue weighted by molar-refractivity contribution is -0.126. The molecule has 2 amide bonds. The summed E-state index contributed by atoms with van der Waals surface area (Å²) in [6.07, 6.45) is 0.379. The lowest BCUT2D eigenvalue weighted by atomic mass is 10.1. The van der Waals surface area contributed by atoms with Crippen LogP contribution in [0.25, 0.3) is 0 Å². The zero-order valence-electron chi connectivity index (χ0n) is 20.3. The number of hydrogen-bond acceptors (Lipinski definition) is 6. The number of anilines is 3. The summed E-state index contributed by atoms with van der Waals surface area (Å²) in [5, 5.41) is 0. The van der Waals surface area contributed by atoms with Crippen molar-refractivity contribution in [1.82, 2.24) is 9.55 Å². The van der Waals surface area contributed by atoms with E-state index in [0.29, 0.717) is 24.4 Å². The number of carbonyl (C=O) groups is 2. The average molecular weight is 492 g/mol. The number of ether oxygens (including phenoxy) is 1. The number of fused-ring (bicyclic) bond motifs is 1. The number of H-pyrrole nitrogens is 1. The lowest BCUT2D eigenvalue weighted by Crippen LogP contribution is -2.53. The number of amides is 2. The molecule has 36 heavy (non-hydrogen) atoms. The normalized spacial score (nSPS) is 14.6. The van der Waals surface area contributed by atoms with E-state index < -0.39 is 23.3 Å². The number of hydrogen-bond donors (Lipinski definition) is 2. The number of aromatic nitrogens is 2. The van der Waals surface area contributed by atoms with Gasteiger partial charge in [-0.1, -0.05) is 55.8 Å². The van der Waals surface area contributed by atoms with Crippen LogP contribution in [0, 0.1) is 0 Å². The first kappa shape index (κ1) is 24.8. The maximum absolute atomic E-state index is 14.0. The molecule has 0 bridgehead atoms. The van der Waals surface area contributed by atoms with Gasteiger partial charge in [0.2, 0.25) is 5.91 Å². The van der Waals surface area contributed by atoms with Crippen LogP contribution in [-0.2, 0) is 22.7 Å². The van der Waals surface area contributed by atoms with Crippen molar-refractivity contribution in [2.45, 2.75) is 45.9 Å². The molecule has 0 spiro atoms. The summed E-state index contributed by atoms with van der Waals surface area (Å²) in [4.78, 5) is 56.9. The second kappa shape index (κ2) is 10.5. The zero-order valence-corrected chi connectivity index (χ0v) is 20.3. The third-order valence-corrected chi connectivity index (χ3v) is 6.10. The van der Waals surface area contributed by atoms with E-state index in [1.54, 1.807) is 24.3 Å². The number of aromatic amines is 1. The maximum atomic E-state index is 14.0. The summed E-state index contributed by atoms with van der Waals surface area (Å²) in [7, 11) is 0. The Kier molecular flexibility index (Phi) is 7.23. The van der Waals surface area contributed by atoms with Gasteiger partial charge in [-0.2, -0.15) is 0 Å². The van der Waals surface area contributed by atoms with Crippen LogP contribution in [0.15, 0.2) is 64.2 Å². The van der Waals surface area contributed by atoms with Crippen molar-refractivity contribution in [2.24, 2.45) is 0 Å². The second-order valence-electron chi connectivity index (χ2n) is 8.61. The molecule has 3 aromatic rings. The van der Waals surface area contributed by atoms with Gasteiger partial charge in [0.25, 0.3) is 11.5 Å². The summed E-state index contributed by atoms with van der Waals surface area (Å²) in [5.74, 6) is -0.519. The summed E-state index contributed by atoms with van der Waals surface area (Å²) in [5.41, 5.74) is 6.12. The topological polar surface area (TPSA) is 131 Å². The summed E-state index contributed by atoms with van der Waals surface area (Å²) >= 11 is 0. The minimum atomic E-state index is -1.10. The molecule has 2 heterocycles. The minimum absolute atomic E-state index is 0.0144. The molecule has 2 aromatic carbocycles. The molecule has 0 saturated heterocycles. The highest BCUT2D eigenvalue weighted by Crippen LogP contribution is 2.34. The molecule has 0 fully saturated rings. The Balaban J connectivity index is 1.80. The zero-order chi connectivity index (χ0) is 25.8. The van der Waals surface area contributed by atoms with E-state index in [4.69, 9.17) is 10.5 Å². The first-order valence-electron chi connectivity index (χ1n) is 11.8. The largest absolute Gasteiger partial charge is 0.476 e. The molecule has 0 radical (unpaired) electrons. The van der Waals surface area contributed by atoms with E-state index in [1.807, 2.05) is 37.3 Å². The molecule has 1 aliphatic heterocycles. The van der Waals surface area contributed by atoms with Crippen LogP contribution >= 0.6 is 0 Å². The van der Waals surface area contributed by atoms with E-state index in [9.17, 15) is 19.2 Å². The molecule has 3 N–H and O–H groups in total. The highest BCUT2D eigenvalue weighted by molar-refractivity contribution is 6.01. The van der Waals surface area contributed by atoms with Crippen molar-refractivity contribution < 1.29 is 14.3 Å². The Labute approximate surface area is 207 Å². The van der Waals surface area contributed by atoms with E-state index in [2.05, 4.69) is 4.98 Å². The van der Waals surface area contributed by atoms with Crippen molar-refractivity contribution in [3.63, 3.8) is 0 Å². The van der Waals surface area contributed by atoms with Gasteiger partial charge in [0.1, 0.15) is 11.6 Å². The van der Waals surface area contributed by atoms with E-state index in [-0.39, 0.29) is 30.5 Å². The fourth-order valence-electron chi connectivity index (χ4n) is 4.24. The Morgan fingerprint density at radius 2 is 1.81 bits per heavy atom. The van der Waals surface area contributed by atoms with Crippen molar-refractivity contribution >= 4 is 29.0 Å². The molecule has 1 unspecified atom stereocenters. The Bertz CT molecular complexity index is 1380. The number of nitrogens with zero attached hydrogens (tertiary/aromatic N) is 3. The maximum Gasteiger partial charge on any atom is 0.330 e. The molecule has 0 saturated carbocycles. The number of carbonyl (C=O) groups excluding carboxylic acids is 2. The fraction of sp³-hybridized carbons (Fsp3) is 0.308. The van der Waals surface area contributed by atoms with Crippen LogP contribution in [0.5, 0.6) is 5.75 Å². The summed E-state index contributed by atoms with van der Waals surface area (Å²) in [6, 6.07) is 16.1. The first-order valence-corrected chi connectivity index (χ1v) is 11.8. The van der Waals surface area contributed by atoms with Crippen LogP contribution < -0.4 is 31.5 Å². The number of rotatable bonds is 7. The van der Waals surface area contributed by atoms with E-state index in [0.717, 1.165) is 12.0 Å². The lowest BCUT2D eigenvalue weighted by Gasteiger charge is -2.36. The third kappa shape index (κ3) is 4.88.